The average Bonchev–Trinajstić information content (AvgIpc) is 2.64. The van der Waals surface area contributed by atoms with Gasteiger partial charge in [-0.3, -0.25) is 14.5 Å². The molecule has 3 rings (SSSR count). The van der Waals surface area contributed by atoms with Crippen LogP contribution in [0.15, 0.2) is 48.5 Å². The minimum Gasteiger partial charge on any atom is -0.340 e. The molecule has 1 fully saturated rings. The smallest absolute Gasteiger partial charge is 0.255 e. The summed E-state index contributed by atoms with van der Waals surface area (Å²) < 4.78 is 12.9. The molecule has 136 valence electrons. The monoisotopic (exact) mass is 355 g/mol. The van der Waals surface area contributed by atoms with E-state index < -0.39 is 0 Å². The van der Waals surface area contributed by atoms with Crippen molar-refractivity contribution in [2.24, 2.45) is 0 Å². The van der Waals surface area contributed by atoms with Crippen LogP contribution in [0.2, 0.25) is 0 Å². The van der Waals surface area contributed by atoms with Gasteiger partial charge in [-0.1, -0.05) is 12.1 Å². The van der Waals surface area contributed by atoms with E-state index in [2.05, 4.69) is 10.2 Å². The first-order valence-electron chi connectivity index (χ1n) is 8.65. The van der Waals surface area contributed by atoms with Gasteiger partial charge in [0.15, 0.2) is 0 Å². The largest absolute Gasteiger partial charge is 0.340 e. The van der Waals surface area contributed by atoms with Gasteiger partial charge in [-0.05, 0) is 42.0 Å². The third kappa shape index (κ3) is 4.67. The number of amides is 2. The molecule has 2 aromatic carbocycles. The molecular weight excluding hydrogens is 333 g/mol. The van der Waals surface area contributed by atoms with Crippen molar-refractivity contribution in [2.45, 2.75) is 13.5 Å². The van der Waals surface area contributed by atoms with Crippen LogP contribution in [0.4, 0.5) is 10.1 Å². The Hall–Kier alpha value is -2.73. The molecule has 26 heavy (non-hydrogen) atoms. The maximum Gasteiger partial charge on any atom is 0.255 e. The van der Waals surface area contributed by atoms with E-state index in [1.54, 1.807) is 19.1 Å². The quantitative estimate of drug-likeness (QED) is 0.918. The summed E-state index contributed by atoms with van der Waals surface area (Å²) in [4.78, 5) is 27.8. The van der Waals surface area contributed by atoms with Gasteiger partial charge in [0, 0.05) is 50.9 Å². The first-order chi connectivity index (χ1) is 12.5. The van der Waals surface area contributed by atoms with Gasteiger partial charge in [-0.15, -0.1) is 0 Å². The number of piperazine rings is 1. The van der Waals surface area contributed by atoms with Crippen LogP contribution in [0.3, 0.4) is 0 Å². The van der Waals surface area contributed by atoms with Crippen LogP contribution in [0.25, 0.3) is 0 Å². The number of halogens is 1. The molecule has 0 unspecified atom stereocenters. The summed E-state index contributed by atoms with van der Waals surface area (Å²) in [6.07, 6.45) is 0. The van der Waals surface area contributed by atoms with Gasteiger partial charge in [0.1, 0.15) is 5.82 Å². The van der Waals surface area contributed by atoms with Crippen molar-refractivity contribution < 1.29 is 14.0 Å². The van der Waals surface area contributed by atoms with E-state index in [0.29, 0.717) is 11.3 Å². The molecule has 0 spiro atoms. The van der Waals surface area contributed by atoms with Crippen LogP contribution in [0, 0.1) is 5.82 Å². The summed E-state index contributed by atoms with van der Waals surface area (Å²) in [6.45, 7) is 5.62. The van der Waals surface area contributed by atoms with Crippen molar-refractivity contribution in [1.82, 2.24) is 9.80 Å². The van der Waals surface area contributed by atoms with Crippen molar-refractivity contribution in [1.29, 1.82) is 0 Å². The molecule has 0 atom stereocenters. The highest BCUT2D eigenvalue weighted by Crippen LogP contribution is 2.13. The van der Waals surface area contributed by atoms with Crippen LogP contribution in [0.5, 0.6) is 0 Å². The summed E-state index contributed by atoms with van der Waals surface area (Å²) in [5, 5.41) is 2.75. The fourth-order valence-corrected chi connectivity index (χ4v) is 2.98. The number of hydrogen-bond donors (Lipinski definition) is 1. The molecule has 0 aliphatic carbocycles. The predicted octanol–water partition coefficient (Wildman–Crippen LogP) is 2.74. The van der Waals surface area contributed by atoms with Gasteiger partial charge < -0.3 is 10.2 Å². The average molecular weight is 355 g/mol. The lowest BCUT2D eigenvalue weighted by atomic mass is 10.1. The predicted molar refractivity (Wildman–Crippen MR) is 98.3 cm³/mol. The Morgan fingerprint density at radius 1 is 0.962 bits per heavy atom. The second-order valence-electron chi connectivity index (χ2n) is 6.44. The van der Waals surface area contributed by atoms with Crippen molar-refractivity contribution in [3.63, 3.8) is 0 Å². The van der Waals surface area contributed by atoms with Crippen LogP contribution in [-0.4, -0.2) is 47.8 Å². The molecule has 1 aliphatic rings. The van der Waals surface area contributed by atoms with Crippen LogP contribution in [-0.2, 0) is 11.3 Å². The SMILES string of the molecule is CC(=O)N1CCN(Cc2ccc(C(=O)Nc3ccc(F)cc3)cc2)CC1. The van der Waals surface area contributed by atoms with E-state index in [9.17, 15) is 14.0 Å². The van der Waals surface area contributed by atoms with Crippen LogP contribution in [0.1, 0.15) is 22.8 Å². The van der Waals surface area contributed by atoms with Gasteiger partial charge in [0.05, 0.1) is 0 Å². The number of carbonyl (C=O) groups excluding carboxylic acids is 2. The number of nitrogens with zero attached hydrogens (tertiary/aromatic N) is 2. The molecule has 0 saturated carbocycles. The molecule has 1 saturated heterocycles. The highest BCUT2D eigenvalue weighted by atomic mass is 19.1. The van der Waals surface area contributed by atoms with E-state index >= 15 is 0 Å². The molecule has 2 aromatic rings. The lowest BCUT2D eigenvalue weighted by Gasteiger charge is -2.34. The van der Waals surface area contributed by atoms with E-state index in [1.807, 2.05) is 17.0 Å². The van der Waals surface area contributed by atoms with Gasteiger partial charge in [0.25, 0.3) is 5.91 Å². The second kappa shape index (κ2) is 8.10. The van der Waals surface area contributed by atoms with Crippen LogP contribution >= 0.6 is 0 Å². The fourth-order valence-electron chi connectivity index (χ4n) is 2.98. The Kier molecular flexibility index (Phi) is 5.63. The van der Waals surface area contributed by atoms with Crippen molar-refractivity contribution >= 4 is 17.5 Å². The molecular formula is C20H22FN3O2. The zero-order chi connectivity index (χ0) is 18.5. The van der Waals surface area contributed by atoms with Gasteiger partial charge in [-0.2, -0.15) is 0 Å². The number of benzene rings is 2. The van der Waals surface area contributed by atoms with E-state index in [0.717, 1.165) is 38.3 Å². The molecule has 1 N–H and O–H groups in total. The van der Waals surface area contributed by atoms with E-state index in [1.165, 1.54) is 24.3 Å². The third-order valence-corrected chi connectivity index (χ3v) is 4.54. The van der Waals surface area contributed by atoms with E-state index in [4.69, 9.17) is 0 Å². The molecule has 6 heteroatoms. The van der Waals surface area contributed by atoms with E-state index in [-0.39, 0.29) is 17.6 Å². The number of nitrogens with one attached hydrogen (secondary N) is 1. The molecule has 1 aliphatic heterocycles. The summed E-state index contributed by atoms with van der Waals surface area (Å²) in [5.74, 6) is -0.434. The summed E-state index contributed by atoms with van der Waals surface area (Å²) in [5.41, 5.74) is 2.24. The minimum atomic E-state index is -0.337. The fraction of sp³-hybridized carbons (Fsp3) is 0.300. The molecule has 0 bridgehead atoms. The number of anilines is 1. The maximum absolute atomic E-state index is 12.9. The third-order valence-electron chi connectivity index (χ3n) is 4.54. The first kappa shape index (κ1) is 18.1. The normalized spacial score (nSPS) is 14.9. The van der Waals surface area contributed by atoms with Crippen LogP contribution < -0.4 is 5.32 Å². The van der Waals surface area contributed by atoms with Gasteiger partial charge in [0.2, 0.25) is 5.91 Å². The summed E-state index contributed by atoms with van der Waals surface area (Å²) >= 11 is 0. The standard InChI is InChI=1S/C20H22FN3O2/c1-15(25)24-12-10-23(11-13-24)14-16-2-4-17(5-3-16)20(26)22-19-8-6-18(21)7-9-19/h2-9H,10-14H2,1H3,(H,22,26). The van der Waals surface area contributed by atoms with Crippen molar-refractivity contribution in [2.75, 3.05) is 31.5 Å². The Morgan fingerprint density at radius 3 is 2.15 bits per heavy atom. The highest BCUT2D eigenvalue weighted by Gasteiger charge is 2.18. The number of hydrogen-bond acceptors (Lipinski definition) is 3. The molecule has 2 amide bonds. The van der Waals surface area contributed by atoms with Crippen molar-refractivity contribution in [3.05, 3.63) is 65.5 Å². The Labute approximate surface area is 152 Å². The Bertz CT molecular complexity index is 767. The molecule has 0 aromatic heterocycles. The Balaban J connectivity index is 1.54. The zero-order valence-electron chi connectivity index (χ0n) is 14.7. The maximum atomic E-state index is 12.9. The molecule has 0 radical (unpaired) electrons. The number of rotatable bonds is 4. The van der Waals surface area contributed by atoms with Gasteiger partial charge in [-0.25, -0.2) is 4.39 Å². The zero-order valence-corrected chi connectivity index (χ0v) is 14.7. The lowest BCUT2D eigenvalue weighted by Crippen LogP contribution is -2.47. The number of carbonyl (C=O) groups is 2. The minimum absolute atomic E-state index is 0.126. The van der Waals surface area contributed by atoms with Gasteiger partial charge >= 0.3 is 0 Å². The Morgan fingerprint density at radius 2 is 1.58 bits per heavy atom. The van der Waals surface area contributed by atoms with Crippen molar-refractivity contribution in [3.8, 4) is 0 Å². The summed E-state index contributed by atoms with van der Waals surface area (Å²) in [6, 6.07) is 13.1. The summed E-state index contributed by atoms with van der Waals surface area (Å²) in [7, 11) is 0. The second-order valence-corrected chi connectivity index (χ2v) is 6.44. The molecule has 1 heterocycles. The topological polar surface area (TPSA) is 52.7 Å². The molecule has 5 nitrogen and oxygen atoms in total. The lowest BCUT2D eigenvalue weighted by molar-refractivity contribution is -0.130. The first-order valence-corrected chi connectivity index (χ1v) is 8.65. The highest BCUT2D eigenvalue weighted by molar-refractivity contribution is 6.04.